The van der Waals surface area contributed by atoms with Gasteiger partial charge in [-0.3, -0.25) is 9.59 Å². The van der Waals surface area contributed by atoms with E-state index in [0.29, 0.717) is 30.0 Å². The van der Waals surface area contributed by atoms with Crippen LogP contribution < -0.4 is 10.6 Å². The van der Waals surface area contributed by atoms with Gasteiger partial charge in [0.25, 0.3) is 5.91 Å². The lowest BCUT2D eigenvalue weighted by atomic mass is 10.1. The van der Waals surface area contributed by atoms with E-state index in [-0.39, 0.29) is 17.7 Å². The maximum atomic E-state index is 12.8. The standard InChI is InChI=1S/C25H33N3O4/c1-7-28(24(31)32-25(4,5)6)16-19-10-8-9-11-21(19)27-23(30)18-12-14-20(15-13-18)26-22(29)17(2)3/h8-15,17H,7,16H2,1-6H3,(H,26,29)(H,27,30). The van der Waals surface area contributed by atoms with Crippen molar-refractivity contribution in [3.63, 3.8) is 0 Å². The lowest BCUT2D eigenvalue weighted by Crippen LogP contribution is -2.36. The molecule has 0 aliphatic rings. The second-order valence-corrected chi connectivity index (χ2v) is 8.83. The van der Waals surface area contributed by atoms with E-state index >= 15 is 0 Å². The Morgan fingerprint density at radius 2 is 1.59 bits per heavy atom. The second kappa shape index (κ2) is 10.8. The molecule has 2 rings (SSSR count). The molecule has 2 aromatic rings. The number of hydrogen-bond donors (Lipinski definition) is 2. The lowest BCUT2D eigenvalue weighted by molar-refractivity contribution is -0.118. The van der Waals surface area contributed by atoms with Gasteiger partial charge < -0.3 is 20.3 Å². The zero-order valence-electron chi connectivity index (χ0n) is 19.7. The van der Waals surface area contributed by atoms with Crippen molar-refractivity contribution in [2.24, 2.45) is 5.92 Å². The summed E-state index contributed by atoms with van der Waals surface area (Å²) in [6, 6.07) is 14.1. The molecule has 7 nitrogen and oxygen atoms in total. The topological polar surface area (TPSA) is 87.7 Å². The molecule has 0 heterocycles. The van der Waals surface area contributed by atoms with E-state index in [4.69, 9.17) is 4.74 Å². The van der Waals surface area contributed by atoms with Crippen molar-refractivity contribution in [2.75, 3.05) is 17.2 Å². The number of ether oxygens (including phenoxy) is 1. The Balaban J connectivity index is 2.11. The monoisotopic (exact) mass is 439 g/mol. The summed E-state index contributed by atoms with van der Waals surface area (Å²) in [5.41, 5.74) is 1.93. The number of carbonyl (C=O) groups excluding carboxylic acids is 3. The van der Waals surface area contributed by atoms with Crippen molar-refractivity contribution in [3.8, 4) is 0 Å². The van der Waals surface area contributed by atoms with Crippen molar-refractivity contribution in [1.29, 1.82) is 0 Å². The quantitative estimate of drug-likeness (QED) is 0.614. The van der Waals surface area contributed by atoms with Crippen molar-refractivity contribution >= 4 is 29.3 Å². The van der Waals surface area contributed by atoms with E-state index < -0.39 is 11.7 Å². The van der Waals surface area contributed by atoms with Gasteiger partial charge in [0, 0.05) is 29.4 Å². The number of nitrogens with one attached hydrogen (secondary N) is 2. The molecule has 0 aliphatic carbocycles. The molecule has 3 amide bonds. The molecule has 2 N–H and O–H groups in total. The summed E-state index contributed by atoms with van der Waals surface area (Å²) in [6.45, 7) is 11.8. The molecule has 0 atom stereocenters. The van der Waals surface area contributed by atoms with Gasteiger partial charge in [-0.1, -0.05) is 32.0 Å². The van der Waals surface area contributed by atoms with Crippen LogP contribution in [0, 0.1) is 5.92 Å². The number of benzene rings is 2. The van der Waals surface area contributed by atoms with Gasteiger partial charge >= 0.3 is 6.09 Å². The molecule has 172 valence electrons. The van der Waals surface area contributed by atoms with E-state index in [9.17, 15) is 14.4 Å². The fourth-order valence-corrected chi connectivity index (χ4v) is 2.80. The van der Waals surface area contributed by atoms with Crippen LogP contribution in [-0.2, 0) is 16.1 Å². The van der Waals surface area contributed by atoms with Crippen molar-refractivity contribution < 1.29 is 19.1 Å². The second-order valence-electron chi connectivity index (χ2n) is 8.83. The SMILES string of the molecule is CCN(Cc1ccccc1NC(=O)c1ccc(NC(=O)C(C)C)cc1)C(=O)OC(C)(C)C. The molecule has 0 saturated carbocycles. The molecule has 0 aliphatic heterocycles. The third-order valence-electron chi connectivity index (χ3n) is 4.60. The van der Waals surface area contributed by atoms with Gasteiger partial charge in [0.2, 0.25) is 5.91 Å². The van der Waals surface area contributed by atoms with Gasteiger partial charge in [-0.25, -0.2) is 4.79 Å². The van der Waals surface area contributed by atoms with E-state index in [1.165, 1.54) is 0 Å². The minimum Gasteiger partial charge on any atom is -0.444 e. The molecule has 32 heavy (non-hydrogen) atoms. The number of anilines is 2. The molecule has 2 aromatic carbocycles. The first-order chi connectivity index (χ1) is 15.0. The number of nitrogens with zero attached hydrogens (tertiary/aromatic N) is 1. The Hall–Kier alpha value is -3.35. The fraction of sp³-hybridized carbons (Fsp3) is 0.400. The first-order valence-electron chi connectivity index (χ1n) is 10.8. The zero-order valence-corrected chi connectivity index (χ0v) is 19.7. The number of amides is 3. The molecule has 0 saturated heterocycles. The van der Waals surface area contributed by atoms with Crippen LogP contribution in [0.15, 0.2) is 48.5 Å². The highest BCUT2D eigenvalue weighted by molar-refractivity contribution is 6.05. The molecular weight excluding hydrogens is 406 g/mol. The Labute approximate surface area is 190 Å². The highest BCUT2D eigenvalue weighted by Crippen LogP contribution is 2.20. The summed E-state index contributed by atoms with van der Waals surface area (Å²) >= 11 is 0. The Bertz CT molecular complexity index is 946. The number of hydrogen-bond acceptors (Lipinski definition) is 4. The van der Waals surface area contributed by atoms with Crippen LogP contribution in [0.2, 0.25) is 0 Å². The third kappa shape index (κ3) is 7.41. The third-order valence-corrected chi connectivity index (χ3v) is 4.60. The van der Waals surface area contributed by atoms with E-state index in [1.807, 2.05) is 59.7 Å². The predicted molar refractivity (Wildman–Crippen MR) is 127 cm³/mol. The summed E-state index contributed by atoms with van der Waals surface area (Å²) in [5.74, 6) is -0.487. The smallest absolute Gasteiger partial charge is 0.410 e. The predicted octanol–water partition coefficient (Wildman–Crippen LogP) is 5.29. The van der Waals surface area contributed by atoms with Crippen LogP contribution in [-0.4, -0.2) is 35.0 Å². The minimum atomic E-state index is -0.584. The summed E-state index contributed by atoms with van der Waals surface area (Å²) in [5, 5.41) is 5.72. The van der Waals surface area contributed by atoms with Gasteiger partial charge in [0.15, 0.2) is 0 Å². The van der Waals surface area contributed by atoms with E-state index in [1.54, 1.807) is 35.2 Å². The zero-order chi connectivity index (χ0) is 23.9. The number of carbonyl (C=O) groups is 3. The van der Waals surface area contributed by atoms with Gasteiger partial charge in [0.05, 0.1) is 6.54 Å². The molecule has 0 aromatic heterocycles. The van der Waals surface area contributed by atoms with Crippen LogP contribution in [0.5, 0.6) is 0 Å². The minimum absolute atomic E-state index is 0.0819. The molecule has 0 spiro atoms. The summed E-state index contributed by atoms with van der Waals surface area (Å²) < 4.78 is 5.48. The fourth-order valence-electron chi connectivity index (χ4n) is 2.80. The summed E-state index contributed by atoms with van der Waals surface area (Å²) in [6.07, 6.45) is -0.403. The Morgan fingerprint density at radius 3 is 2.16 bits per heavy atom. The molecule has 0 fully saturated rings. The summed E-state index contributed by atoms with van der Waals surface area (Å²) in [7, 11) is 0. The highest BCUT2D eigenvalue weighted by Gasteiger charge is 2.22. The normalized spacial score (nSPS) is 11.1. The molecular formula is C25H33N3O4. The summed E-state index contributed by atoms with van der Waals surface area (Å²) in [4.78, 5) is 38.7. The average molecular weight is 440 g/mol. The first kappa shape index (κ1) is 24.9. The van der Waals surface area contributed by atoms with Crippen LogP contribution in [0.25, 0.3) is 0 Å². The molecule has 0 radical (unpaired) electrons. The van der Waals surface area contributed by atoms with E-state index in [2.05, 4.69) is 10.6 Å². The van der Waals surface area contributed by atoms with E-state index in [0.717, 1.165) is 5.56 Å². The van der Waals surface area contributed by atoms with Gasteiger partial charge in [0.1, 0.15) is 5.60 Å². The van der Waals surface area contributed by atoms with Gasteiger partial charge in [-0.15, -0.1) is 0 Å². The van der Waals surface area contributed by atoms with Crippen molar-refractivity contribution in [1.82, 2.24) is 4.90 Å². The maximum Gasteiger partial charge on any atom is 0.410 e. The van der Waals surface area contributed by atoms with Crippen LogP contribution in [0.1, 0.15) is 57.5 Å². The van der Waals surface area contributed by atoms with Crippen LogP contribution >= 0.6 is 0 Å². The van der Waals surface area contributed by atoms with Gasteiger partial charge in [-0.2, -0.15) is 0 Å². The molecule has 7 heteroatoms. The highest BCUT2D eigenvalue weighted by atomic mass is 16.6. The lowest BCUT2D eigenvalue weighted by Gasteiger charge is -2.27. The Morgan fingerprint density at radius 1 is 0.969 bits per heavy atom. The molecule has 0 unspecified atom stereocenters. The van der Waals surface area contributed by atoms with Gasteiger partial charge in [-0.05, 0) is 63.6 Å². The average Bonchev–Trinajstić information content (AvgIpc) is 2.72. The van der Waals surface area contributed by atoms with Crippen molar-refractivity contribution in [2.45, 2.75) is 53.7 Å². The largest absolute Gasteiger partial charge is 0.444 e. The first-order valence-corrected chi connectivity index (χ1v) is 10.8. The van der Waals surface area contributed by atoms with Crippen molar-refractivity contribution in [3.05, 3.63) is 59.7 Å². The number of rotatable bonds is 7. The maximum absolute atomic E-state index is 12.8. The number of para-hydroxylation sites is 1. The Kier molecular flexibility index (Phi) is 8.41. The van der Waals surface area contributed by atoms with Crippen LogP contribution in [0.4, 0.5) is 16.2 Å². The van der Waals surface area contributed by atoms with Crippen LogP contribution in [0.3, 0.4) is 0 Å². The molecule has 0 bridgehead atoms.